The number of unbranched alkanes of at least 4 members (excludes halogenated alkanes) is 24. The number of allylic oxidation sites excluding steroid dienone is 10. The number of hydrogen-bond donors (Lipinski definition) is 3. The van der Waals surface area contributed by atoms with E-state index >= 15 is 0 Å². The molecule has 3 atom stereocenters. The van der Waals surface area contributed by atoms with E-state index in [9.17, 15) is 19.8 Å². The van der Waals surface area contributed by atoms with Gasteiger partial charge >= 0.3 is 5.97 Å². The molecule has 0 rings (SSSR count). The molecule has 0 saturated heterocycles. The first kappa shape index (κ1) is 58.6. The van der Waals surface area contributed by atoms with Crippen LogP contribution < -0.4 is 5.32 Å². The van der Waals surface area contributed by atoms with Gasteiger partial charge in [-0.1, -0.05) is 210 Å². The SMILES string of the molecule is CC/C=C/C/C=C/C/C=C/C/C=C/CCCCCC(=O)OC(CCCCC/C=C\CCCCC)CC(=O)NC(CO)C(O)CCCCCCCCCCCCCCCCCC. The van der Waals surface area contributed by atoms with E-state index in [1.165, 1.54) is 103 Å². The van der Waals surface area contributed by atoms with Crippen molar-refractivity contribution in [2.24, 2.45) is 0 Å². The predicted molar refractivity (Wildman–Crippen MR) is 264 cm³/mol. The fourth-order valence-corrected chi connectivity index (χ4v) is 7.65. The molecule has 3 unspecified atom stereocenters. The number of hydrogen-bond acceptors (Lipinski definition) is 5. The van der Waals surface area contributed by atoms with E-state index in [0.29, 0.717) is 19.3 Å². The molecular weight excluding hydrogens is 755 g/mol. The normalized spacial score (nSPS) is 13.7. The topological polar surface area (TPSA) is 95.9 Å². The number of esters is 1. The lowest BCUT2D eigenvalue weighted by Crippen LogP contribution is -2.46. The van der Waals surface area contributed by atoms with Crippen LogP contribution >= 0.6 is 0 Å². The molecule has 0 radical (unpaired) electrons. The van der Waals surface area contributed by atoms with E-state index in [4.69, 9.17) is 4.74 Å². The number of amides is 1. The van der Waals surface area contributed by atoms with E-state index in [0.717, 1.165) is 103 Å². The van der Waals surface area contributed by atoms with E-state index in [2.05, 4.69) is 86.8 Å². The first-order valence-corrected chi connectivity index (χ1v) is 26.0. The van der Waals surface area contributed by atoms with Gasteiger partial charge in [0.05, 0.1) is 25.2 Å². The molecule has 0 saturated carbocycles. The molecular formula is C55H99NO5. The van der Waals surface area contributed by atoms with Crippen molar-refractivity contribution in [2.75, 3.05) is 6.61 Å². The van der Waals surface area contributed by atoms with Crippen LogP contribution in [0.15, 0.2) is 60.8 Å². The summed E-state index contributed by atoms with van der Waals surface area (Å²) in [5.41, 5.74) is 0. The Hall–Kier alpha value is -2.44. The second kappa shape index (κ2) is 48.6. The third-order valence-electron chi connectivity index (χ3n) is 11.6. The molecule has 0 aromatic carbocycles. The molecule has 354 valence electrons. The van der Waals surface area contributed by atoms with Gasteiger partial charge in [0.2, 0.25) is 5.91 Å². The Morgan fingerprint density at radius 1 is 0.492 bits per heavy atom. The maximum atomic E-state index is 13.2. The highest BCUT2D eigenvalue weighted by Gasteiger charge is 2.24. The number of nitrogens with one attached hydrogen (secondary N) is 1. The maximum absolute atomic E-state index is 13.2. The van der Waals surface area contributed by atoms with Crippen LogP contribution in [0.4, 0.5) is 0 Å². The van der Waals surface area contributed by atoms with E-state index in [-0.39, 0.29) is 24.9 Å². The molecule has 0 aromatic heterocycles. The third-order valence-corrected chi connectivity index (χ3v) is 11.6. The van der Waals surface area contributed by atoms with Gasteiger partial charge in [0.25, 0.3) is 0 Å². The van der Waals surface area contributed by atoms with Crippen molar-refractivity contribution in [3.05, 3.63) is 60.8 Å². The Morgan fingerprint density at radius 3 is 1.39 bits per heavy atom. The molecule has 0 aliphatic heterocycles. The average Bonchev–Trinajstić information content (AvgIpc) is 3.25. The molecule has 0 aliphatic rings. The molecule has 3 N–H and O–H groups in total. The Morgan fingerprint density at radius 2 is 0.885 bits per heavy atom. The van der Waals surface area contributed by atoms with Crippen molar-refractivity contribution in [1.29, 1.82) is 0 Å². The van der Waals surface area contributed by atoms with Crippen molar-refractivity contribution < 1.29 is 24.5 Å². The second-order valence-corrected chi connectivity index (χ2v) is 17.5. The van der Waals surface area contributed by atoms with Gasteiger partial charge in [0.15, 0.2) is 0 Å². The highest BCUT2D eigenvalue weighted by Crippen LogP contribution is 2.17. The van der Waals surface area contributed by atoms with Crippen molar-refractivity contribution in [3.63, 3.8) is 0 Å². The van der Waals surface area contributed by atoms with Crippen molar-refractivity contribution in [2.45, 2.75) is 270 Å². The summed E-state index contributed by atoms with van der Waals surface area (Å²) >= 11 is 0. The van der Waals surface area contributed by atoms with Crippen molar-refractivity contribution in [1.82, 2.24) is 5.32 Å². The zero-order chi connectivity index (χ0) is 44.5. The number of ether oxygens (including phenoxy) is 1. The average molecular weight is 854 g/mol. The van der Waals surface area contributed by atoms with Gasteiger partial charge in [-0.3, -0.25) is 9.59 Å². The Kier molecular flexibility index (Phi) is 46.6. The quantitative estimate of drug-likeness (QED) is 0.0322. The predicted octanol–water partition coefficient (Wildman–Crippen LogP) is 15.6. The van der Waals surface area contributed by atoms with E-state index in [1.54, 1.807) is 0 Å². The highest BCUT2D eigenvalue weighted by molar-refractivity contribution is 5.77. The van der Waals surface area contributed by atoms with Gasteiger partial charge in [0, 0.05) is 6.42 Å². The Labute approximate surface area is 378 Å². The molecule has 0 spiro atoms. The number of carbonyl (C=O) groups is 2. The van der Waals surface area contributed by atoms with Gasteiger partial charge < -0.3 is 20.3 Å². The monoisotopic (exact) mass is 854 g/mol. The van der Waals surface area contributed by atoms with Gasteiger partial charge in [-0.15, -0.1) is 0 Å². The minimum atomic E-state index is -0.798. The summed E-state index contributed by atoms with van der Waals surface area (Å²) in [7, 11) is 0. The number of carbonyl (C=O) groups excluding carboxylic acids is 2. The number of rotatable bonds is 46. The Bertz CT molecular complexity index is 1090. The molecule has 0 fully saturated rings. The summed E-state index contributed by atoms with van der Waals surface area (Å²) in [5, 5.41) is 23.8. The molecule has 6 nitrogen and oxygen atoms in total. The lowest BCUT2D eigenvalue weighted by atomic mass is 10.0. The summed E-state index contributed by atoms with van der Waals surface area (Å²) in [6, 6.07) is -0.713. The first-order chi connectivity index (χ1) is 30.0. The zero-order valence-electron chi connectivity index (χ0n) is 40.3. The van der Waals surface area contributed by atoms with E-state index in [1.807, 2.05) is 0 Å². The molecule has 61 heavy (non-hydrogen) atoms. The van der Waals surface area contributed by atoms with Crippen LogP contribution in [0.5, 0.6) is 0 Å². The van der Waals surface area contributed by atoms with E-state index < -0.39 is 18.2 Å². The third kappa shape index (κ3) is 44.0. The van der Waals surface area contributed by atoms with Crippen LogP contribution in [-0.4, -0.2) is 46.9 Å². The Balaban J connectivity index is 4.53. The summed E-state index contributed by atoms with van der Waals surface area (Å²) in [6.45, 7) is 6.34. The summed E-state index contributed by atoms with van der Waals surface area (Å²) in [6.07, 6.45) is 60.0. The lowest BCUT2D eigenvalue weighted by Gasteiger charge is -2.24. The van der Waals surface area contributed by atoms with Crippen molar-refractivity contribution in [3.8, 4) is 0 Å². The van der Waals surface area contributed by atoms with Crippen LogP contribution in [-0.2, 0) is 14.3 Å². The highest BCUT2D eigenvalue weighted by atomic mass is 16.5. The molecule has 6 heteroatoms. The van der Waals surface area contributed by atoms with Gasteiger partial charge in [-0.25, -0.2) is 0 Å². The molecule has 0 aliphatic carbocycles. The molecule has 0 bridgehead atoms. The van der Waals surface area contributed by atoms with Crippen LogP contribution in [0.3, 0.4) is 0 Å². The van der Waals surface area contributed by atoms with Gasteiger partial charge in [-0.2, -0.15) is 0 Å². The van der Waals surface area contributed by atoms with Crippen LogP contribution in [0.25, 0.3) is 0 Å². The van der Waals surface area contributed by atoms with Crippen molar-refractivity contribution >= 4 is 11.9 Å². The van der Waals surface area contributed by atoms with Crippen LogP contribution in [0, 0.1) is 0 Å². The fraction of sp³-hybridized carbons (Fsp3) is 0.782. The van der Waals surface area contributed by atoms with Gasteiger partial charge in [0.1, 0.15) is 6.10 Å². The molecule has 0 aromatic rings. The lowest BCUT2D eigenvalue weighted by molar-refractivity contribution is -0.151. The van der Waals surface area contributed by atoms with Crippen LogP contribution in [0.2, 0.25) is 0 Å². The minimum absolute atomic E-state index is 0.0527. The summed E-state index contributed by atoms with van der Waals surface area (Å²) < 4.78 is 5.90. The smallest absolute Gasteiger partial charge is 0.306 e. The van der Waals surface area contributed by atoms with Crippen LogP contribution in [0.1, 0.15) is 252 Å². The molecule has 0 heterocycles. The minimum Gasteiger partial charge on any atom is -0.462 e. The number of aliphatic hydroxyl groups is 2. The zero-order valence-corrected chi connectivity index (χ0v) is 40.3. The largest absolute Gasteiger partial charge is 0.462 e. The second-order valence-electron chi connectivity index (χ2n) is 17.5. The summed E-state index contributed by atoms with van der Waals surface area (Å²) in [5.74, 6) is -0.526. The van der Waals surface area contributed by atoms with Gasteiger partial charge in [-0.05, 0) is 89.9 Å². The number of aliphatic hydroxyl groups excluding tert-OH is 2. The summed E-state index contributed by atoms with van der Waals surface area (Å²) in [4.78, 5) is 26.1. The fourth-order valence-electron chi connectivity index (χ4n) is 7.65. The molecule has 1 amide bonds. The standard InChI is InChI=1S/C55H99NO5/c1-4-7-10-13-16-19-22-24-26-28-30-32-35-38-41-44-47-53(58)52(50-57)56-54(59)49-51(46-43-40-37-34-21-18-15-12-9-6-3)61-55(60)48-45-42-39-36-33-31-29-27-25-23-20-17-14-11-8-5-2/h8,11,17-18,20-21,25,27,31,33,51-53,57-58H,4-7,9-10,12-16,19,22-24,26,28-30,32,34-50H2,1-3H3,(H,56,59)/b11-8+,20-17+,21-18-,27-25+,33-31+. The first-order valence-electron chi connectivity index (χ1n) is 26.0. The maximum Gasteiger partial charge on any atom is 0.306 e.